The van der Waals surface area contributed by atoms with Gasteiger partial charge in [0.2, 0.25) is 5.91 Å². The van der Waals surface area contributed by atoms with Gasteiger partial charge in [-0.2, -0.15) is 0 Å². The topological polar surface area (TPSA) is 20.3 Å². The van der Waals surface area contributed by atoms with Crippen LogP contribution in [0.4, 0.5) is 0 Å². The molecule has 1 aliphatic heterocycles. The van der Waals surface area contributed by atoms with Crippen LogP contribution in [0, 0.1) is 0 Å². The Kier molecular flexibility index (Phi) is 4.52. The molecule has 1 amide bonds. The highest BCUT2D eigenvalue weighted by Gasteiger charge is 2.23. The van der Waals surface area contributed by atoms with Crippen LogP contribution in [0.15, 0.2) is 18.2 Å². The van der Waals surface area contributed by atoms with Crippen LogP contribution in [0.3, 0.4) is 0 Å². The van der Waals surface area contributed by atoms with Crippen molar-refractivity contribution in [3.8, 4) is 0 Å². The van der Waals surface area contributed by atoms with Gasteiger partial charge in [-0.05, 0) is 43.9 Å². The van der Waals surface area contributed by atoms with Gasteiger partial charge in [-0.1, -0.05) is 29.3 Å². The zero-order valence-corrected chi connectivity index (χ0v) is 12.0. The minimum Gasteiger partial charge on any atom is -0.340 e. The normalized spacial score (nSPS) is 19.9. The number of amides is 1. The lowest BCUT2D eigenvalue weighted by Crippen LogP contribution is -2.42. The molecule has 2 rings (SSSR count). The third kappa shape index (κ3) is 3.18. The fourth-order valence-electron chi connectivity index (χ4n) is 2.39. The Morgan fingerprint density at radius 1 is 1.33 bits per heavy atom. The van der Waals surface area contributed by atoms with E-state index >= 15 is 0 Å². The van der Waals surface area contributed by atoms with Crippen molar-refractivity contribution in [2.75, 3.05) is 6.54 Å². The molecule has 1 aliphatic rings. The minimum atomic E-state index is 0.181. The standard InChI is InChI=1S/C14H17Cl2NO/c1-10-4-2-3-7-17(10)14(18)9-11-5-6-12(15)13(16)8-11/h5-6,8,10H,2-4,7,9H2,1H3/t10-/m0/s1. The van der Waals surface area contributed by atoms with Crippen molar-refractivity contribution in [3.05, 3.63) is 33.8 Å². The number of halogens is 2. The molecular weight excluding hydrogens is 269 g/mol. The maximum Gasteiger partial charge on any atom is 0.227 e. The summed E-state index contributed by atoms with van der Waals surface area (Å²) in [5, 5.41) is 1.04. The molecule has 2 nitrogen and oxygen atoms in total. The predicted octanol–water partition coefficient (Wildman–Crippen LogP) is 3.94. The first-order valence-electron chi connectivity index (χ1n) is 6.31. The Morgan fingerprint density at radius 3 is 2.78 bits per heavy atom. The summed E-state index contributed by atoms with van der Waals surface area (Å²) in [7, 11) is 0. The molecule has 1 fully saturated rings. The van der Waals surface area contributed by atoms with Crippen molar-refractivity contribution in [2.24, 2.45) is 0 Å². The maximum atomic E-state index is 12.2. The molecule has 1 aromatic carbocycles. The number of carbonyl (C=O) groups is 1. The number of carbonyl (C=O) groups excluding carboxylic acids is 1. The van der Waals surface area contributed by atoms with E-state index in [-0.39, 0.29) is 5.91 Å². The summed E-state index contributed by atoms with van der Waals surface area (Å²) < 4.78 is 0. The Balaban J connectivity index is 2.04. The quantitative estimate of drug-likeness (QED) is 0.806. The molecule has 1 saturated heterocycles. The molecule has 1 atom stereocenters. The monoisotopic (exact) mass is 285 g/mol. The molecule has 1 heterocycles. The van der Waals surface area contributed by atoms with Crippen LogP contribution in [-0.4, -0.2) is 23.4 Å². The van der Waals surface area contributed by atoms with Crippen LogP contribution in [0.5, 0.6) is 0 Å². The fourth-order valence-corrected chi connectivity index (χ4v) is 2.72. The van der Waals surface area contributed by atoms with E-state index in [4.69, 9.17) is 23.2 Å². The Morgan fingerprint density at radius 2 is 2.11 bits per heavy atom. The number of hydrogen-bond acceptors (Lipinski definition) is 1. The molecule has 1 aromatic rings. The molecule has 0 unspecified atom stereocenters. The van der Waals surface area contributed by atoms with Crippen molar-refractivity contribution in [1.82, 2.24) is 4.90 Å². The second-order valence-corrected chi connectivity index (χ2v) is 5.67. The second kappa shape index (κ2) is 5.94. The van der Waals surface area contributed by atoms with Crippen LogP contribution in [-0.2, 0) is 11.2 Å². The van der Waals surface area contributed by atoms with Gasteiger partial charge in [-0.25, -0.2) is 0 Å². The lowest BCUT2D eigenvalue weighted by atomic mass is 10.0. The number of benzene rings is 1. The number of nitrogens with zero attached hydrogens (tertiary/aromatic N) is 1. The van der Waals surface area contributed by atoms with E-state index in [1.165, 1.54) is 6.42 Å². The van der Waals surface area contributed by atoms with Crippen LogP contribution in [0.25, 0.3) is 0 Å². The number of rotatable bonds is 2. The van der Waals surface area contributed by atoms with E-state index in [0.29, 0.717) is 22.5 Å². The molecule has 18 heavy (non-hydrogen) atoms. The predicted molar refractivity (Wildman–Crippen MR) is 75.2 cm³/mol. The minimum absolute atomic E-state index is 0.181. The largest absolute Gasteiger partial charge is 0.340 e. The molecule has 0 spiro atoms. The first-order chi connectivity index (χ1) is 8.58. The molecule has 98 valence electrons. The Hall–Kier alpha value is -0.730. The molecule has 0 saturated carbocycles. The maximum absolute atomic E-state index is 12.2. The number of likely N-dealkylation sites (tertiary alicyclic amines) is 1. The van der Waals surface area contributed by atoms with Crippen molar-refractivity contribution < 1.29 is 4.79 Å². The molecule has 4 heteroatoms. The molecule has 0 radical (unpaired) electrons. The summed E-state index contributed by atoms with van der Waals surface area (Å²) in [6.45, 7) is 2.99. The molecule has 0 bridgehead atoms. The number of hydrogen-bond donors (Lipinski definition) is 0. The van der Waals surface area contributed by atoms with Crippen molar-refractivity contribution in [2.45, 2.75) is 38.6 Å². The second-order valence-electron chi connectivity index (χ2n) is 4.86. The van der Waals surface area contributed by atoms with E-state index in [9.17, 15) is 4.79 Å². The summed E-state index contributed by atoms with van der Waals surface area (Å²) in [6, 6.07) is 5.73. The smallest absolute Gasteiger partial charge is 0.227 e. The van der Waals surface area contributed by atoms with E-state index < -0.39 is 0 Å². The van der Waals surface area contributed by atoms with E-state index in [1.807, 2.05) is 11.0 Å². The van der Waals surface area contributed by atoms with Gasteiger partial charge in [0, 0.05) is 12.6 Å². The van der Waals surface area contributed by atoms with Crippen LogP contribution in [0.2, 0.25) is 10.0 Å². The van der Waals surface area contributed by atoms with Gasteiger partial charge in [0.25, 0.3) is 0 Å². The summed E-state index contributed by atoms with van der Waals surface area (Å²) >= 11 is 11.8. The van der Waals surface area contributed by atoms with E-state index in [2.05, 4.69) is 6.92 Å². The zero-order chi connectivity index (χ0) is 13.1. The highest BCUT2D eigenvalue weighted by Crippen LogP contribution is 2.24. The van der Waals surface area contributed by atoms with Gasteiger partial charge < -0.3 is 4.90 Å². The number of piperidine rings is 1. The van der Waals surface area contributed by atoms with Crippen LogP contribution >= 0.6 is 23.2 Å². The summed E-state index contributed by atoms with van der Waals surface area (Å²) in [4.78, 5) is 14.2. The van der Waals surface area contributed by atoms with Gasteiger partial charge in [0.1, 0.15) is 0 Å². The summed E-state index contributed by atoms with van der Waals surface area (Å²) in [5.41, 5.74) is 0.923. The summed E-state index contributed by atoms with van der Waals surface area (Å²) in [6.07, 6.45) is 3.84. The van der Waals surface area contributed by atoms with Gasteiger partial charge >= 0.3 is 0 Å². The lowest BCUT2D eigenvalue weighted by molar-refractivity contribution is -0.133. The average Bonchev–Trinajstić information content (AvgIpc) is 2.34. The SMILES string of the molecule is C[C@H]1CCCCN1C(=O)Cc1ccc(Cl)c(Cl)c1. The van der Waals surface area contributed by atoms with Gasteiger partial charge in [-0.3, -0.25) is 4.79 Å². The van der Waals surface area contributed by atoms with Crippen molar-refractivity contribution >= 4 is 29.1 Å². The highest BCUT2D eigenvalue weighted by atomic mass is 35.5. The Labute approximate surface area is 118 Å². The molecule has 0 aliphatic carbocycles. The first kappa shape index (κ1) is 13.7. The van der Waals surface area contributed by atoms with Gasteiger partial charge in [-0.15, -0.1) is 0 Å². The van der Waals surface area contributed by atoms with Gasteiger partial charge in [0.15, 0.2) is 0 Å². The summed E-state index contributed by atoms with van der Waals surface area (Å²) in [5.74, 6) is 0.181. The third-order valence-corrected chi connectivity index (χ3v) is 4.20. The third-order valence-electron chi connectivity index (χ3n) is 3.46. The Bertz CT molecular complexity index is 447. The van der Waals surface area contributed by atoms with Gasteiger partial charge in [0.05, 0.1) is 16.5 Å². The molecular formula is C14H17Cl2NO. The molecule has 0 aromatic heterocycles. The van der Waals surface area contributed by atoms with Crippen molar-refractivity contribution in [3.63, 3.8) is 0 Å². The van der Waals surface area contributed by atoms with E-state index in [1.54, 1.807) is 12.1 Å². The first-order valence-corrected chi connectivity index (χ1v) is 7.07. The zero-order valence-electron chi connectivity index (χ0n) is 10.5. The average molecular weight is 286 g/mol. The molecule has 0 N–H and O–H groups in total. The fraction of sp³-hybridized carbons (Fsp3) is 0.500. The van der Waals surface area contributed by atoms with Crippen LogP contribution in [0.1, 0.15) is 31.7 Å². The highest BCUT2D eigenvalue weighted by molar-refractivity contribution is 6.42. The van der Waals surface area contributed by atoms with E-state index in [0.717, 1.165) is 24.9 Å². The van der Waals surface area contributed by atoms with Crippen LogP contribution < -0.4 is 0 Å². The van der Waals surface area contributed by atoms with Crippen molar-refractivity contribution in [1.29, 1.82) is 0 Å². The lowest BCUT2D eigenvalue weighted by Gasteiger charge is -2.33.